The zero-order valence-corrected chi connectivity index (χ0v) is 7.06. The van der Waals surface area contributed by atoms with Crippen molar-refractivity contribution in [2.45, 2.75) is 13.0 Å². The van der Waals surface area contributed by atoms with Gasteiger partial charge in [0.1, 0.15) is 0 Å². The van der Waals surface area contributed by atoms with Gasteiger partial charge >= 0.3 is 12.5 Å². The highest BCUT2D eigenvalue weighted by molar-refractivity contribution is 5.66. The number of alkyl halides is 2. The van der Waals surface area contributed by atoms with Crippen LogP contribution in [0.5, 0.6) is 5.75 Å². The largest absolute Gasteiger partial charge is 0.490 e. The minimum absolute atomic E-state index is 0.0652. The van der Waals surface area contributed by atoms with Crippen LogP contribution in [0.15, 0.2) is 12.4 Å². The third kappa shape index (κ3) is 3.00. The van der Waals surface area contributed by atoms with Crippen LogP contribution in [0.2, 0.25) is 0 Å². The number of hydrogen-bond donors (Lipinski definition) is 1. The van der Waals surface area contributed by atoms with Crippen molar-refractivity contribution < 1.29 is 23.4 Å². The SMILES string of the molecule is O=C(O)CCOc1cnn(C(F)F)c1. The lowest BCUT2D eigenvalue weighted by Gasteiger charge is -1.99. The molecule has 5 nitrogen and oxygen atoms in total. The van der Waals surface area contributed by atoms with Gasteiger partial charge in [-0.3, -0.25) is 4.79 Å². The molecule has 0 fully saturated rings. The summed E-state index contributed by atoms with van der Waals surface area (Å²) in [4.78, 5) is 10.1. The molecule has 0 atom stereocenters. The predicted molar refractivity (Wildman–Crippen MR) is 41.2 cm³/mol. The first kappa shape index (κ1) is 10.4. The summed E-state index contributed by atoms with van der Waals surface area (Å²) in [6.45, 7) is -2.78. The average Bonchev–Trinajstić information content (AvgIpc) is 2.52. The van der Waals surface area contributed by atoms with Crippen molar-refractivity contribution >= 4 is 5.97 Å². The molecule has 1 heterocycles. The molecule has 1 rings (SSSR count). The molecule has 0 aliphatic heterocycles. The van der Waals surface area contributed by atoms with Gasteiger partial charge < -0.3 is 9.84 Å². The Kier molecular flexibility index (Phi) is 3.38. The molecule has 1 aromatic heterocycles. The number of carbonyl (C=O) groups is 1. The standard InChI is InChI=1S/C7H8F2N2O3/c8-7(9)11-4-5(3-10-11)14-2-1-6(12)13/h3-4,7H,1-2H2,(H,12,13). The average molecular weight is 206 g/mol. The number of carboxylic acids is 1. The van der Waals surface area contributed by atoms with Crippen LogP contribution < -0.4 is 4.74 Å². The van der Waals surface area contributed by atoms with Crippen LogP contribution in [0.25, 0.3) is 0 Å². The molecule has 0 aliphatic rings. The minimum Gasteiger partial charge on any atom is -0.490 e. The molecule has 0 saturated carbocycles. The summed E-state index contributed by atoms with van der Waals surface area (Å²) in [5.74, 6) is -0.877. The van der Waals surface area contributed by atoms with Gasteiger partial charge in [-0.2, -0.15) is 13.9 Å². The van der Waals surface area contributed by atoms with Crippen LogP contribution in [0.4, 0.5) is 8.78 Å². The van der Waals surface area contributed by atoms with Crippen molar-refractivity contribution in [2.24, 2.45) is 0 Å². The maximum absolute atomic E-state index is 12.0. The number of aromatic nitrogens is 2. The van der Waals surface area contributed by atoms with E-state index in [-0.39, 0.29) is 18.8 Å². The first-order chi connectivity index (χ1) is 6.59. The smallest absolute Gasteiger partial charge is 0.333 e. The zero-order valence-electron chi connectivity index (χ0n) is 7.06. The number of nitrogens with zero attached hydrogens (tertiary/aromatic N) is 2. The van der Waals surface area contributed by atoms with Crippen molar-refractivity contribution in [3.63, 3.8) is 0 Å². The Balaban J connectivity index is 2.40. The van der Waals surface area contributed by atoms with E-state index in [4.69, 9.17) is 9.84 Å². The van der Waals surface area contributed by atoms with Crippen LogP contribution in [0, 0.1) is 0 Å². The lowest BCUT2D eigenvalue weighted by Crippen LogP contribution is -2.04. The van der Waals surface area contributed by atoms with Gasteiger partial charge in [-0.05, 0) is 0 Å². The fourth-order valence-corrected chi connectivity index (χ4v) is 0.758. The van der Waals surface area contributed by atoms with Crippen LogP contribution >= 0.6 is 0 Å². The van der Waals surface area contributed by atoms with E-state index in [1.54, 1.807) is 0 Å². The number of aliphatic carboxylic acids is 1. The molecule has 0 aromatic carbocycles. The Labute approximate surface area is 77.9 Å². The van der Waals surface area contributed by atoms with Gasteiger partial charge in [-0.25, -0.2) is 4.68 Å². The number of hydrogen-bond acceptors (Lipinski definition) is 3. The van der Waals surface area contributed by atoms with Crippen LogP contribution in [-0.4, -0.2) is 27.5 Å². The Morgan fingerprint density at radius 2 is 2.43 bits per heavy atom. The molecule has 0 bridgehead atoms. The van der Waals surface area contributed by atoms with Crippen LogP contribution in [0.3, 0.4) is 0 Å². The molecule has 0 spiro atoms. The van der Waals surface area contributed by atoms with E-state index in [0.29, 0.717) is 4.68 Å². The van der Waals surface area contributed by atoms with Gasteiger partial charge in [0, 0.05) is 0 Å². The van der Waals surface area contributed by atoms with E-state index in [1.807, 2.05) is 0 Å². The second kappa shape index (κ2) is 4.54. The molecule has 0 unspecified atom stereocenters. The summed E-state index contributed by atoms with van der Waals surface area (Å²) < 4.78 is 29.2. The minimum atomic E-state index is -2.72. The summed E-state index contributed by atoms with van der Waals surface area (Å²) >= 11 is 0. The molecular weight excluding hydrogens is 198 g/mol. The molecule has 0 saturated heterocycles. The van der Waals surface area contributed by atoms with Gasteiger partial charge in [0.05, 0.1) is 25.4 Å². The van der Waals surface area contributed by atoms with Crippen molar-refractivity contribution in [3.05, 3.63) is 12.4 Å². The van der Waals surface area contributed by atoms with Crippen LogP contribution in [-0.2, 0) is 4.79 Å². The number of carboxylic acid groups (broad SMARTS) is 1. The van der Waals surface area contributed by atoms with Crippen molar-refractivity contribution in [1.29, 1.82) is 0 Å². The first-order valence-electron chi connectivity index (χ1n) is 3.76. The summed E-state index contributed by atoms with van der Waals surface area (Å²) in [7, 11) is 0. The molecule has 0 amide bonds. The van der Waals surface area contributed by atoms with Crippen molar-refractivity contribution in [2.75, 3.05) is 6.61 Å². The molecule has 0 radical (unpaired) electrons. The molecular formula is C7H8F2N2O3. The zero-order chi connectivity index (χ0) is 10.6. The highest BCUT2D eigenvalue weighted by Gasteiger charge is 2.08. The van der Waals surface area contributed by atoms with E-state index in [0.717, 1.165) is 12.4 Å². The van der Waals surface area contributed by atoms with Crippen LogP contribution in [0.1, 0.15) is 13.0 Å². The highest BCUT2D eigenvalue weighted by Crippen LogP contribution is 2.14. The van der Waals surface area contributed by atoms with E-state index < -0.39 is 12.5 Å². The van der Waals surface area contributed by atoms with Gasteiger partial charge in [0.25, 0.3) is 0 Å². The molecule has 7 heteroatoms. The first-order valence-corrected chi connectivity index (χ1v) is 3.76. The fourth-order valence-electron chi connectivity index (χ4n) is 0.758. The quantitative estimate of drug-likeness (QED) is 0.784. The Hall–Kier alpha value is -1.66. The Morgan fingerprint density at radius 1 is 1.71 bits per heavy atom. The van der Waals surface area contributed by atoms with Gasteiger partial charge in [0.15, 0.2) is 5.75 Å². The maximum Gasteiger partial charge on any atom is 0.333 e. The van der Waals surface area contributed by atoms with E-state index in [2.05, 4.69) is 5.10 Å². The highest BCUT2D eigenvalue weighted by atomic mass is 19.3. The van der Waals surface area contributed by atoms with E-state index in [1.165, 1.54) is 0 Å². The number of halogens is 2. The molecule has 1 N–H and O–H groups in total. The molecule has 1 aromatic rings. The topological polar surface area (TPSA) is 64.3 Å². The summed E-state index contributed by atoms with van der Waals surface area (Å²) in [5.41, 5.74) is 0. The fraction of sp³-hybridized carbons (Fsp3) is 0.429. The van der Waals surface area contributed by atoms with Gasteiger partial charge in [-0.15, -0.1) is 0 Å². The monoisotopic (exact) mass is 206 g/mol. The Morgan fingerprint density at radius 3 is 2.93 bits per heavy atom. The normalized spacial score (nSPS) is 10.5. The molecule has 78 valence electrons. The lowest BCUT2D eigenvalue weighted by molar-refractivity contribution is -0.137. The number of rotatable bonds is 5. The maximum atomic E-state index is 12.0. The summed E-state index contributed by atoms with van der Waals surface area (Å²) in [6.07, 6.45) is 1.93. The second-order valence-electron chi connectivity index (χ2n) is 2.43. The van der Waals surface area contributed by atoms with Gasteiger partial charge in [-0.1, -0.05) is 0 Å². The van der Waals surface area contributed by atoms with E-state index >= 15 is 0 Å². The third-order valence-electron chi connectivity index (χ3n) is 1.36. The van der Waals surface area contributed by atoms with Crippen molar-refractivity contribution in [1.82, 2.24) is 9.78 Å². The van der Waals surface area contributed by atoms with Gasteiger partial charge in [0.2, 0.25) is 0 Å². The second-order valence-corrected chi connectivity index (χ2v) is 2.43. The lowest BCUT2D eigenvalue weighted by atomic mass is 10.5. The molecule has 14 heavy (non-hydrogen) atoms. The summed E-state index contributed by atoms with van der Waals surface area (Å²) in [5, 5.41) is 11.6. The summed E-state index contributed by atoms with van der Waals surface area (Å²) in [6, 6.07) is 0. The third-order valence-corrected chi connectivity index (χ3v) is 1.36. The van der Waals surface area contributed by atoms with Crippen molar-refractivity contribution in [3.8, 4) is 5.75 Å². The predicted octanol–water partition coefficient (Wildman–Crippen LogP) is 1.13. The number of ether oxygens (including phenoxy) is 1. The Bertz CT molecular complexity index is 314. The molecule has 0 aliphatic carbocycles. The van der Waals surface area contributed by atoms with E-state index in [9.17, 15) is 13.6 Å².